The molecule has 0 bridgehead atoms. The van der Waals surface area contributed by atoms with E-state index in [1.54, 1.807) is 6.20 Å². The van der Waals surface area contributed by atoms with Gasteiger partial charge in [-0.15, -0.1) is 0 Å². The van der Waals surface area contributed by atoms with Gasteiger partial charge in [-0.3, -0.25) is 33.8 Å². The lowest BCUT2D eigenvalue weighted by Gasteiger charge is -2.33. The second-order valence-electron chi connectivity index (χ2n) is 16.0. The van der Waals surface area contributed by atoms with E-state index in [0.717, 1.165) is 16.5 Å². The summed E-state index contributed by atoms with van der Waals surface area (Å²) in [6.07, 6.45) is 9.63. The Morgan fingerprint density at radius 1 is 0.697 bits per heavy atom. The number of rotatable bonds is 34. The van der Waals surface area contributed by atoms with Crippen molar-refractivity contribution in [2.75, 3.05) is 64.7 Å². The Labute approximate surface area is 392 Å². The van der Waals surface area contributed by atoms with Gasteiger partial charge in [0.05, 0.1) is 6.33 Å². The van der Waals surface area contributed by atoms with Gasteiger partial charge < -0.3 is 69.7 Å². The minimum absolute atomic E-state index is 0.0373. The van der Waals surface area contributed by atoms with Gasteiger partial charge in [0.25, 0.3) is 0 Å². The molecule has 0 unspecified atom stereocenters. The number of H-pyrrole nitrogens is 2. The molecule has 66 heavy (non-hydrogen) atoms. The summed E-state index contributed by atoms with van der Waals surface area (Å²) in [5.74, 6) is -2.43. The van der Waals surface area contributed by atoms with Gasteiger partial charge in [0, 0.05) is 100 Å². The normalized spacial score (nSPS) is 12.5. The lowest BCUT2D eigenvalue weighted by atomic mass is 10.0. The lowest BCUT2D eigenvalue weighted by Crippen LogP contribution is -2.56. The number of aromatic nitrogens is 3. The number of hydrogen-bond donors (Lipinski definition) is 11. The molecule has 16 N–H and O–H groups in total. The number of amides is 6. The zero-order valence-electron chi connectivity index (χ0n) is 38.1. The predicted octanol–water partition coefficient (Wildman–Crippen LogP) is -0.644. The maximum Gasteiger partial charge on any atom is 0.243 e. The molecule has 0 aliphatic rings. The molecule has 2 aromatic heterocycles. The standard InChI is InChI=1S/C44H73N15O6S/c45-17-6-1-2-13-38(60)59(25-22-52-42(64)36(12-8-20-54-44(49)50)57(23-19-47)40(62)16-26-66)37(27-32-29-51-30-56-32)43(65)53-21-24-58(35(41(48)63)11-5-7-18-46)39(61)15-14-31-28-55-34-10-4-3-9-33(31)34/h3-4,9-10,28-30,35-37,55,66H,1-2,5-8,11-27,45-47H2,(H2,48,63)(H,51,56)(H,52,64)(H,53,65)(H4,49,50,54)/t35-,36-,37-/m0/s1. The zero-order valence-corrected chi connectivity index (χ0v) is 39.0. The van der Waals surface area contributed by atoms with E-state index in [2.05, 4.69) is 43.2 Å². The van der Waals surface area contributed by atoms with Crippen LogP contribution in [0.5, 0.6) is 0 Å². The number of thiol groups is 1. The van der Waals surface area contributed by atoms with E-state index < -0.39 is 35.8 Å². The number of imidazole rings is 1. The maximum atomic E-state index is 14.4. The van der Waals surface area contributed by atoms with Gasteiger partial charge in [0.2, 0.25) is 35.4 Å². The Bertz CT molecular complexity index is 1980. The van der Waals surface area contributed by atoms with Gasteiger partial charge in [0.15, 0.2) is 5.96 Å². The van der Waals surface area contributed by atoms with Crippen molar-refractivity contribution < 1.29 is 28.8 Å². The van der Waals surface area contributed by atoms with Crippen LogP contribution in [0.4, 0.5) is 0 Å². The molecular weight excluding hydrogens is 867 g/mol. The number of aliphatic imine (C=N–C) groups is 1. The van der Waals surface area contributed by atoms with Crippen molar-refractivity contribution in [3.8, 4) is 0 Å². The molecule has 0 fully saturated rings. The summed E-state index contributed by atoms with van der Waals surface area (Å²) in [6.45, 7) is 1.10. The fraction of sp³-hybridized carbons (Fsp3) is 0.591. The minimum atomic E-state index is -1.09. The van der Waals surface area contributed by atoms with Gasteiger partial charge in [-0.25, -0.2) is 4.98 Å². The van der Waals surface area contributed by atoms with Crippen LogP contribution < -0.4 is 45.0 Å². The van der Waals surface area contributed by atoms with Crippen LogP contribution in [-0.2, 0) is 41.6 Å². The van der Waals surface area contributed by atoms with Crippen molar-refractivity contribution in [3.63, 3.8) is 0 Å². The van der Waals surface area contributed by atoms with Crippen molar-refractivity contribution in [2.24, 2.45) is 39.4 Å². The highest BCUT2D eigenvalue weighted by Crippen LogP contribution is 2.21. The first-order valence-corrected chi connectivity index (χ1v) is 23.5. The van der Waals surface area contributed by atoms with Crippen LogP contribution in [0.25, 0.3) is 10.9 Å². The van der Waals surface area contributed by atoms with Gasteiger partial charge in [0.1, 0.15) is 18.1 Å². The van der Waals surface area contributed by atoms with E-state index >= 15 is 0 Å². The molecule has 0 aliphatic heterocycles. The molecule has 3 rings (SSSR count). The summed E-state index contributed by atoms with van der Waals surface area (Å²) < 4.78 is 0. The van der Waals surface area contributed by atoms with E-state index in [9.17, 15) is 28.8 Å². The van der Waals surface area contributed by atoms with Crippen molar-refractivity contribution in [3.05, 3.63) is 54.2 Å². The number of aromatic amines is 2. The maximum absolute atomic E-state index is 14.4. The minimum Gasteiger partial charge on any atom is -0.370 e. The summed E-state index contributed by atoms with van der Waals surface area (Å²) in [7, 11) is 0. The number of carbonyl (C=O) groups excluding carboxylic acids is 6. The number of benzene rings is 1. The number of hydrogen-bond acceptors (Lipinski definition) is 12. The Morgan fingerprint density at radius 2 is 1.32 bits per heavy atom. The van der Waals surface area contributed by atoms with E-state index in [1.807, 2.05) is 30.5 Å². The first kappa shape index (κ1) is 54.6. The molecule has 2 heterocycles. The number of guanidine groups is 1. The summed E-state index contributed by atoms with van der Waals surface area (Å²) in [5, 5.41) is 6.81. The van der Waals surface area contributed by atoms with Crippen LogP contribution in [0.1, 0.15) is 81.9 Å². The number of primary amides is 1. The molecule has 0 spiro atoms. The second-order valence-corrected chi connectivity index (χ2v) is 16.5. The fourth-order valence-electron chi connectivity index (χ4n) is 7.84. The average Bonchev–Trinajstić information content (AvgIpc) is 3.98. The Hall–Kier alpha value is -5.71. The molecule has 1 aromatic carbocycles. The molecule has 0 saturated heterocycles. The quantitative estimate of drug-likeness (QED) is 0.0154. The smallest absolute Gasteiger partial charge is 0.243 e. The Balaban J connectivity index is 1.88. The van der Waals surface area contributed by atoms with Gasteiger partial charge in [-0.05, 0) is 81.8 Å². The van der Waals surface area contributed by atoms with Gasteiger partial charge in [-0.2, -0.15) is 12.6 Å². The number of nitrogens with two attached hydrogens (primary N) is 6. The van der Waals surface area contributed by atoms with Crippen LogP contribution in [0, 0.1) is 0 Å². The summed E-state index contributed by atoms with van der Waals surface area (Å²) in [6, 6.07) is 4.81. The third kappa shape index (κ3) is 18.3. The highest BCUT2D eigenvalue weighted by Gasteiger charge is 2.33. The number of para-hydroxylation sites is 1. The molecule has 0 saturated carbocycles. The van der Waals surface area contributed by atoms with Gasteiger partial charge >= 0.3 is 0 Å². The largest absolute Gasteiger partial charge is 0.370 e. The summed E-state index contributed by atoms with van der Waals surface area (Å²) in [4.78, 5) is 101. The predicted molar refractivity (Wildman–Crippen MR) is 258 cm³/mol. The molecule has 21 nitrogen and oxygen atoms in total. The fourth-order valence-corrected chi connectivity index (χ4v) is 8.04. The van der Waals surface area contributed by atoms with Crippen LogP contribution in [0.3, 0.4) is 0 Å². The first-order chi connectivity index (χ1) is 31.9. The highest BCUT2D eigenvalue weighted by atomic mass is 32.1. The first-order valence-electron chi connectivity index (χ1n) is 22.9. The third-order valence-corrected chi connectivity index (χ3v) is 11.5. The topological polar surface area (TPSA) is 349 Å². The monoisotopic (exact) mass is 940 g/mol. The molecule has 6 amide bonds. The molecule has 0 aliphatic carbocycles. The van der Waals surface area contributed by atoms with Crippen LogP contribution >= 0.6 is 12.6 Å². The van der Waals surface area contributed by atoms with Crippen LogP contribution in [0.15, 0.2) is 48.0 Å². The zero-order chi connectivity index (χ0) is 48.3. The molecule has 22 heteroatoms. The molecular formula is C44H73N15O6S. The molecule has 3 aromatic rings. The lowest BCUT2D eigenvalue weighted by molar-refractivity contribution is -0.142. The number of nitrogens with zero attached hydrogens (tertiary/aromatic N) is 5. The van der Waals surface area contributed by atoms with E-state index in [0.29, 0.717) is 70.2 Å². The number of carbonyl (C=O) groups is 6. The number of unbranched alkanes of at least 4 members (excludes halogenated alkanes) is 3. The Kier molecular flexibility index (Phi) is 25.2. The van der Waals surface area contributed by atoms with E-state index in [4.69, 9.17) is 34.4 Å². The summed E-state index contributed by atoms with van der Waals surface area (Å²) in [5.41, 5.74) is 36.7. The highest BCUT2D eigenvalue weighted by molar-refractivity contribution is 7.80. The SMILES string of the molecule is NCCCCCC(=O)N(CCNC(=O)[C@H](CCCN=C(N)N)N(CCN)C(=O)CCS)[C@@H](Cc1cnc[nH]1)C(=O)NCCN(C(=O)CCc1c[nH]c2ccccc12)[C@@H](CCCCN)C(N)=O. The molecule has 0 radical (unpaired) electrons. The second kappa shape index (κ2) is 30.5. The third-order valence-electron chi connectivity index (χ3n) is 11.2. The van der Waals surface area contributed by atoms with Crippen LogP contribution in [-0.4, -0.2) is 154 Å². The number of fused-ring (bicyclic) bond motifs is 1. The van der Waals surface area contributed by atoms with Crippen molar-refractivity contribution in [1.82, 2.24) is 40.3 Å². The molecule has 366 valence electrons. The van der Waals surface area contributed by atoms with E-state index in [1.165, 1.54) is 21.0 Å². The number of aryl methyl sites for hydroxylation is 1. The van der Waals surface area contributed by atoms with Crippen molar-refractivity contribution in [1.29, 1.82) is 0 Å². The molecule has 3 atom stereocenters. The summed E-state index contributed by atoms with van der Waals surface area (Å²) >= 11 is 4.21. The average molecular weight is 940 g/mol. The van der Waals surface area contributed by atoms with Gasteiger partial charge in [-0.1, -0.05) is 24.6 Å². The van der Waals surface area contributed by atoms with Crippen molar-refractivity contribution >= 4 is 64.9 Å². The Morgan fingerprint density at radius 3 is 1.95 bits per heavy atom. The van der Waals surface area contributed by atoms with E-state index in [-0.39, 0.29) is 107 Å². The van der Waals surface area contributed by atoms with Crippen LogP contribution in [0.2, 0.25) is 0 Å². The number of nitrogens with one attached hydrogen (secondary N) is 4. The van der Waals surface area contributed by atoms with Crippen molar-refractivity contribution in [2.45, 2.75) is 102 Å².